The zero-order chi connectivity index (χ0) is 19.4. The quantitative estimate of drug-likeness (QED) is 0.638. The van der Waals surface area contributed by atoms with Crippen molar-refractivity contribution in [2.75, 3.05) is 6.54 Å². The lowest BCUT2D eigenvalue weighted by Gasteiger charge is -2.38. The Labute approximate surface area is 166 Å². The Morgan fingerprint density at radius 3 is 2.57 bits per heavy atom. The maximum Gasteiger partial charge on any atom is 0.197 e. The van der Waals surface area contributed by atoms with E-state index < -0.39 is 5.66 Å². The molecule has 0 bridgehead atoms. The molecule has 0 fully saturated rings. The van der Waals surface area contributed by atoms with Crippen LogP contribution in [0.25, 0.3) is 10.8 Å². The summed E-state index contributed by atoms with van der Waals surface area (Å²) in [6.45, 7) is 2.86. The van der Waals surface area contributed by atoms with Crippen molar-refractivity contribution >= 4 is 16.7 Å². The molecule has 0 spiro atoms. The van der Waals surface area contributed by atoms with Gasteiger partial charge in [0.1, 0.15) is 5.66 Å². The molecule has 4 rings (SSSR count). The molecule has 0 amide bonds. The highest BCUT2D eigenvalue weighted by Gasteiger charge is 2.34. The molecule has 0 saturated carbocycles. The van der Waals surface area contributed by atoms with Crippen LogP contribution >= 0.6 is 0 Å². The average molecular weight is 371 g/mol. The Hall–Kier alpha value is -3.11. The van der Waals surface area contributed by atoms with Crippen LogP contribution in [-0.2, 0) is 6.42 Å². The summed E-state index contributed by atoms with van der Waals surface area (Å²) >= 11 is 0. The minimum Gasteiger partial charge on any atom is -0.334 e. The van der Waals surface area contributed by atoms with E-state index in [9.17, 15) is 0 Å². The minimum absolute atomic E-state index is 0.0660. The number of hydrogen-bond acceptors (Lipinski definition) is 2. The smallest absolute Gasteiger partial charge is 0.197 e. The van der Waals surface area contributed by atoms with Gasteiger partial charge in [0.15, 0.2) is 5.96 Å². The summed E-state index contributed by atoms with van der Waals surface area (Å²) in [5.74, 6) is 0.782. The second-order valence-corrected chi connectivity index (χ2v) is 7.29. The number of nitrogens with zero attached hydrogens (tertiary/aromatic N) is 1. The minimum atomic E-state index is -0.707. The number of fused-ring (bicyclic) bond motifs is 1. The molecule has 142 valence electrons. The normalized spacial score (nSPS) is 21.3. The lowest BCUT2D eigenvalue weighted by molar-refractivity contribution is 0.405. The van der Waals surface area contributed by atoms with E-state index in [0.717, 1.165) is 6.42 Å². The molecule has 0 aliphatic carbocycles. The first-order chi connectivity index (χ1) is 13.7. The van der Waals surface area contributed by atoms with Gasteiger partial charge in [-0.05, 0) is 34.4 Å². The van der Waals surface area contributed by atoms with Crippen LogP contribution in [0.3, 0.4) is 0 Å². The van der Waals surface area contributed by atoms with Crippen molar-refractivity contribution in [1.29, 1.82) is 0 Å². The van der Waals surface area contributed by atoms with Crippen molar-refractivity contribution in [3.05, 3.63) is 96.2 Å². The highest BCUT2D eigenvalue weighted by atomic mass is 15.3. The third kappa shape index (κ3) is 3.78. The zero-order valence-corrected chi connectivity index (χ0v) is 16.1. The van der Waals surface area contributed by atoms with E-state index in [1.807, 2.05) is 18.3 Å². The molecule has 0 aromatic heterocycles. The van der Waals surface area contributed by atoms with Crippen molar-refractivity contribution in [1.82, 2.24) is 10.6 Å². The summed E-state index contributed by atoms with van der Waals surface area (Å²) in [6.07, 6.45) is 4.77. The summed E-state index contributed by atoms with van der Waals surface area (Å²) in [6, 6.07) is 25.2. The standard InChI is InChI=1S/C24H26N4/c1-18(21-13-7-11-20-10-5-6-12-22(20)21)24(25)15-17-27-23(28-24)26-16-14-19-8-3-2-4-9-19/h2-13,15,17-18H,14,16,25H2,1H3,(H2,26,27,28)/t18-,24?/m0/s1. The van der Waals surface area contributed by atoms with Crippen LogP contribution in [0.15, 0.2) is 90.1 Å². The molecular formula is C24H26N4. The fourth-order valence-corrected chi connectivity index (χ4v) is 3.71. The number of rotatable bonds is 5. The maximum absolute atomic E-state index is 6.78. The molecule has 1 unspecified atom stereocenters. The molecule has 4 N–H and O–H groups in total. The predicted molar refractivity (Wildman–Crippen MR) is 117 cm³/mol. The van der Waals surface area contributed by atoms with Gasteiger partial charge in [-0.2, -0.15) is 0 Å². The van der Waals surface area contributed by atoms with E-state index in [2.05, 4.69) is 89.3 Å². The highest BCUT2D eigenvalue weighted by Crippen LogP contribution is 2.32. The topological polar surface area (TPSA) is 62.4 Å². The fourth-order valence-electron chi connectivity index (χ4n) is 3.71. The summed E-state index contributed by atoms with van der Waals surface area (Å²) in [4.78, 5) is 4.68. The predicted octanol–water partition coefficient (Wildman–Crippen LogP) is 3.90. The van der Waals surface area contributed by atoms with Crippen molar-refractivity contribution in [3.8, 4) is 0 Å². The fraction of sp³-hybridized carbons (Fsp3) is 0.208. The first-order valence-corrected chi connectivity index (χ1v) is 9.73. The second-order valence-electron chi connectivity index (χ2n) is 7.29. The molecule has 3 aromatic rings. The monoisotopic (exact) mass is 370 g/mol. The van der Waals surface area contributed by atoms with Gasteiger partial charge in [-0.3, -0.25) is 4.99 Å². The van der Waals surface area contributed by atoms with E-state index in [1.54, 1.807) is 0 Å². The Kier molecular flexibility index (Phi) is 5.13. The molecule has 1 aliphatic rings. The van der Waals surface area contributed by atoms with Crippen molar-refractivity contribution in [3.63, 3.8) is 0 Å². The van der Waals surface area contributed by atoms with Gasteiger partial charge < -0.3 is 16.4 Å². The Balaban J connectivity index is 1.53. The van der Waals surface area contributed by atoms with Crippen molar-refractivity contribution < 1.29 is 0 Å². The third-order valence-electron chi connectivity index (χ3n) is 5.43. The van der Waals surface area contributed by atoms with Crippen molar-refractivity contribution in [2.24, 2.45) is 10.7 Å². The van der Waals surface area contributed by atoms with Crippen LogP contribution in [0, 0.1) is 0 Å². The first-order valence-electron chi connectivity index (χ1n) is 9.73. The molecule has 3 aromatic carbocycles. The second kappa shape index (κ2) is 7.87. The Morgan fingerprint density at radius 1 is 0.964 bits per heavy atom. The van der Waals surface area contributed by atoms with E-state index in [0.29, 0.717) is 12.5 Å². The number of aliphatic imine (C=N–C) groups is 1. The van der Waals surface area contributed by atoms with E-state index in [-0.39, 0.29) is 5.92 Å². The van der Waals surface area contributed by atoms with Crippen LogP contribution in [0.5, 0.6) is 0 Å². The molecule has 4 heteroatoms. The van der Waals surface area contributed by atoms with Crippen LogP contribution in [-0.4, -0.2) is 18.2 Å². The zero-order valence-electron chi connectivity index (χ0n) is 16.1. The van der Waals surface area contributed by atoms with Crippen LogP contribution < -0.4 is 16.4 Å². The van der Waals surface area contributed by atoms with Crippen LogP contribution in [0.2, 0.25) is 0 Å². The van der Waals surface area contributed by atoms with Crippen LogP contribution in [0.4, 0.5) is 0 Å². The van der Waals surface area contributed by atoms with Gasteiger partial charge in [0.2, 0.25) is 0 Å². The Bertz CT molecular complexity index is 1000. The van der Waals surface area contributed by atoms with Crippen LogP contribution in [0.1, 0.15) is 24.0 Å². The maximum atomic E-state index is 6.78. The summed E-state index contributed by atoms with van der Waals surface area (Å²) in [5.41, 5.74) is 8.58. The number of nitrogens with two attached hydrogens (primary N) is 1. The SMILES string of the molecule is C[C@@H](c1cccc2ccccc12)C1(N)C=CNC(=NCCc2ccccc2)N1. The summed E-state index contributed by atoms with van der Waals surface area (Å²) < 4.78 is 0. The Morgan fingerprint density at radius 2 is 1.71 bits per heavy atom. The van der Waals surface area contributed by atoms with Gasteiger partial charge in [-0.15, -0.1) is 0 Å². The van der Waals surface area contributed by atoms with Gasteiger partial charge >= 0.3 is 0 Å². The number of benzene rings is 3. The van der Waals surface area contributed by atoms with Crippen molar-refractivity contribution in [2.45, 2.75) is 24.9 Å². The lowest BCUT2D eigenvalue weighted by atomic mass is 9.84. The molecule has 1 aliphatic heterocycles. The molecular weight excluding hydrogens is 344 g/mol. The molecule has 4 nitrogen and oxygen atoms in total. The van der Waals surface area contributed by atoms with E-state index in [4.69, 9.17) is 5.73 Å². The molecule has 1 heterocycles. The largest absolute Gasteiger partial charge is 0.334 e. The number of nitrogens with one attached hydrogen (secondary N) is 2. The van der Waals surface area contributed by atoms with E-state index >= 15 is 0 Å². The number of hydrogen-bond donors (Lipinski definition) is 3. The number of guanidine groups is 1. The molecule has 0 radical (unpaired) electrons. The summed E-state index contributed by atoms with van der Waals surface area (Å²) in [7, 11) is 0. The first kappa shape index (κ1) is 18.3. The third-order valence-corrected chi connectivity index (χ3v) is 5.43. The molecule has 2 atom stereocenters. The van der Waals surface area contributed by atoms with Gasteiger partial charge in [-0.1, -0.05) is 79.7 Å². The highest BCUT2D eigenvalue weighted by molar-refractivity contribution is 5.87. The van der Waals surface area contributed by atoms with Gasteiger partial charge in [0.05, 0.1) is 0 Å². The van der Waals surface area contributed by atoms with Gasteiger partial charge in [0, 0.05) is 18.7 Å². The summed E-state index contributed by atoms with van der Waals surface area (Å²) in [5, 5.41) is 9.05. The molecule has 0 saturated heterocycles. The lowest BCUT2D eigenvalue weighted by Crippen LogP contribution is -2.62. The van der Waals surface area contributed by atoms with E-state index in [1.165, 1.54) is 21.9 Å². The average Bonchev–Trinajstić information content (AvgIpc) is 2.74. The van der Waals surface area contributed by atoms with Gasteiger partial charge in [0.25, 0.3) is 0 Å². The van der Waals surface area contributed by atoms with Gasteiger partial charge in [-0.25, -0.2) is 0 Å². The molecule has 28 heavy (non-hydrogen) atoms.